The molecule has 0 saturated carbocycles. The zero-order chi connectivity index (χ0) is 8.59. The number of nitrogens with two attached hydrogens (primary N) is 1. The lowest BCUT2D eigenvalue weighted by Crippen LogP contribution is -2.43. The molecule has 64 valence electrons. The Bertz CT molecular complexity index is 172. The third kappa shape index (κ3) is 1.33. The molecular weight excluding hydrogens is 154 g/mol. The normalized spacial score (nSPS) is 44.3. The Hall–Kier alpha value is -0.690. The summed E-state index contributed by atoms with van der Waals surface area (Å²) < 4.78 is 4.43. The molecular formula is C5H9NO5. The maximum atomic E-state index is 10.3. The van der Waals surface area contributed by atoms with Crippen LogP contribution in [0.2, 0.25) is 0 Å². The number of aliphatic hydroxyl groups excluding tert-OH is 2. The highest BCUT2D eigenvalue weighted by Crippen LogP contribution is 2.17. The van der Waals surface area contributed by atoms with Crippen LogP contribution in [0.3, 0.4) is 0 Å². The Morgan fingerprint density at radius 3 is 2.18 bits per heavy atom. The summed E-state index contributed by atoms with van der Waals surface area (Å²) in [5.41, 5.74) is 5.20. The lowest BCUT2D eigenvalue weighted by molar-refractivity contribution is -0.164. The number of hydrogen-bond acceptors (Lipinski definition) is 5. The summed E-state index contributed by atoms with van der Waals surface area (Å²) in [5, 5.41) is 26.1. The van der Waals surface area contributed by atoms with Gasteiger partial charge in [0, 0.05) is 0 Å². The fraction of sp³-hybridized carbons (Fsp3) is 0.800. The molecule has 6 heteroatoms. The van der Waals surface area contributed by atoms with Gasteiger partial charge in [-0.3, -0.25) is 0 Å². The molecule has 11 heavy (non-hydrogen) atoms. The Kier molecular flexibility index (Phi) is 2.10. The lowest BCUT2D eigenvalue weighted by atomic mass is 10.1. The highest BCUT2D eigenvalue weighted by Gasteiger charge is 2.44. The molecule has 0 aromatic rings. The van der Waals surface area contributed by atoms with Crippen molar-refractivity contribution in [3.63, 3.8) is 0 Å². The van der Waals surface area contributed by atoms with E-state index in [2.05, 4.69) is 4.74 Å². The van der Waals surface area contributed by atoms with Crippen LogP contribution in [0, 0.1) is 0 Å². The smallest absolute Gasteiger partial charge is 0.334 e. The predicted molar refractivity (Wildman–Crippen MR) is 32.5 cm³/mol. The van der Waals surface area contributed by atoms with Gasteiger partial charge in [0.05, 0.1) is 6.04 Å². The van der Waals surface area contributed by atoms with Gasteiger partial charge in [-0.15, -0.1) is 0 Å². The molecule has 0 radical (unpaired) electrons. The molecule has 0 spiro atoms. The summed E-state index contributed by atoms with van der Waals surface area (Å²) in [5.74, 6) is -1.28. The van der Waals surface area contributed by atoms with Crippen molar-refractivity contribution in [2.45, 2.75) is 24.5 Å². The molecule has 0 aliphatic carbocycles. The van der Waals surface area contributed by atoms with Crippen LogP contribution in [0.1, 0.15) is 0 Å². The molecule has 1 heterocycles. The van der Waals surface area contributed by atoms with Gasteiger partial charge in [0.15, 0.2) is 12.4 Å². The van der Waals surface area contributed by atoms with Gasteiger partial charge in [-0.1, -0.05) is 0 Å². The van der Waals surface area contributed by atoms with Gasteiger partial charge in [0.2, 0.25) is 0 Å². The highest BCUT2D eigenvalue weighted by molar-refractivity contribution is 5.73. The van der Waals surface area contributed by atoms with Crippen LogP contribution in [-0.4, -0.2) is 45.8 Å². The third-order valence-corrected chi connectivity index (χ3v) is 1.57. The van der Waals surface area contributed by atoms with E-state index in [0.717, 1.165) is 0 Å². The maximum Gasteiger partial charge on any atom is 0.334 e. The molecule has 0 bridgehead atoms. The number of carboxylic acid groups (broad SMARTS) is 1. The number of carbonyl (C=O) groups is 1. The molecule has 1 aliphatic rings. The van der Waals surface area contributed by atoms with E-state index in [1.165, 1.54) is 0 Å². The second kappa shape index (κ2) is 2.74. The van der Waals surface area contributed by atoms with Crippen molar-refractivity contribution in [2.75, 3.05) is 0 Å². The average molecular weight is 163 g/mol. The monoisotopic (exact) mass is 163 g/mol. The maximum absolute atomic E-state index is 10.3. The number of aliphatic hydroxyl groups is 2. The molecule has 0 unspecified atom stereocenters. The zero-order valence-corrected chi connectivity index (χ0v) is 5.54. The van der Waals surface area contributed by atoms with E-state index in [4.69, 9.17) is 21.1 Å². The van der Waals surface area contributed by atoms with E-state index in [-0.39, 0.29) is 0 Å². The summed E-state index contributed by atoms with van der Waals surface area (Å²) in [4.78, 5) is 10.3. The van der Waals surface area contributed by atoms with Crippen molar-refractivity contribution >= 4 is 5.97 Å². The number of carboxylic acids is 1. The second-order valence-electron chi connectivity index (χ2n) is 2.35. The zero-order valence-electron chi connectivity index (χ0n) is 5.54. The molecule has 0 aromatic carbocycles. The largest absolute Gasteiger partial charge is 0.479 e. The molecule has 4 atom stereocenters. The Morgan fingerprint density at radius 2 is 2.00 bits per heavy atom. The summed E-state index contributed by atoms with van der Waals surface area (Å²) >= 11 is 0. The van der Waals surface area contributed by atoms with Crippen LogP contribution in [0.15, 0.2) is 0 Å². The van der Waals surface area contributed by atoms with Gasteiger partial charge >= 0.3 is 5.97 Å². The van der Waals surface area contributed by atoms with Crippen molar-refractivity contribution in [1.82, 2.24) is 0 Å². The first-order chi connectivity index (χ1) is 5.04. The first kappa shape index (κ1) is 8.41. The first-order valence-corrected chi connectivity index (χ1v) is 3.04. The number of ether oxygens (including phenoxy) is 1. The predicted octanol–water partition coefficient (Wildman–Crippen LogP) is -2.52. The van der Waals surface area contributed by atoms with Gasteiger partial charge in [0.1, 0.15) is 6.10 Å². The fourth-order valence-corrected chi connectivity index (χ4v) is 0.913. The van der Waals surface area contributed by atoms with Crippen molar-refractivity contribution < 1.29 is 24.9 Å². The standard InChI is InChI=1S/C5H9NO5/c6-1-2(7)5(10)11-3(1)4(8)9/h1-3,5,7,10H,6H2,(H,8,9)/t1-,2+,3+,5-/m0/s1. The summed E-state index contributed by atoms with van der Waals surface area (Å²) in [6.07, 6.45) is -4.14. The van der Waals surface area contributed by atoms with Gasteiger partial charge in [-0.05, 0) is 0 Å². The minimum Gasteiger partial charge on any atom is -0.479 e. The van der Waals surface area contributed by atoms with Crippen molar-refractivity contribution in [3.8, 4) is 0 Å². The lowest BCUT2D eigenvalue weighted by Gasteiger charge is -2.09. The Balaban J connectivity index is 2.67. The van der Waals surface area contributed by atoms with Gasteiger partial charge < -0.3 is 25.8 Å². The minimum atomic E-state index is -1.49. The number of aliphatic carboxylic acids is 1. The summed E-state index contributed by atoms with van der Waals surface area (Å²) in [7, 11) is 0. The SMILES string of the molecule is N[C@H]1[C@@H](O)[C@@H](O)O[C@H]1C(=O)O. The Labute approximate surface area is 62.2 Å². The number of hydrogen-bond donors (Lipinski definition) is 4. The van der Waals surface area contributed by atoms with Gasteiger partial charge in [-0.25, -0.2) is 4.79 Å². The van der Waals surface area contributed by atoms with E-state index in [1.807, 2.05) is 0 Å². The molecule has 0 amide bonds. The van der Waals surface area contributed by atoms with Crippen LogP contribution in [0.5, 0.6) is 0 Å². The fourth-order valence-electron chi connectivity index (χ4n) is 0.913. The van der Waals surface area contributed by atoms with Gasteiger partial charge in [0.25, 0.3) is 0 Å². The topological polar surface area (TPSA) is 113 Å². The van der Waals surface area contributed by atoms with E-state index in [9.17, 15) is 4.79 Å². The van der Waals surface area contributed by atoms with Crippen LogP contribution >= 0.6 is 0 Å². The third-order valence-electron chi connectivity index (χ3n) is 1.57. The van der Waals surface area contributed by atoms with Crippen LogP contribution < -0.4 is 5.73 Å². The van der Waals surface area contributed by atoms with E-state index < -0.39 is 30.5 Å². The molecule has 1 aliphatic heterocycles. The quantitative estimate of drug-likeness (QED) is 0.339. The summed E-state index contributed by atoms with van der Waals surface area (Å²) in [6.45, 7) is 0. The van der Waals surface area contributed by atoms with Crippen molar-refractivity contribution in [3.05, 3.63) is 0 Å². The minimum absolute atomic E-state index is 1.07. The first-order valence-electron chi connectivity index (χ1n) is 3.04. The van der Waals surface area contributed by atoms with E-state index in [1.54, 1.807) is 0 Å². The molecule has 0 aromatic heterocycles. The second-order valence-corrected chi connectivity index (χ2v) is 2.35. The van der Waals surface area contributed by atoms with Gasteiger partial charge in [-0.2, -0.15) is 0 Å². The molecule has 5 N–H and O–H groups in total. The van der Waals surface area contributed by atoms with E-state index >= 15 is 0 Å². The Morgan fingerprint density at radius 1 is 1.45 bits per heavy atom. The molecule has 6 nitrogen and oxygen atoms in total. The van der Waals surface area contributed by atoms with Crippen molar-refractivity contribution in [1.29, 1.82) is 0 Å². The molecule has 1 saturated heterocycles. The molecule has 1 rings (SSSR count). The highest BCUT2D eigenvalue weighted by atomic mass is 16.6. The van der Waals surface area contributed by atoms with Crippen LogP contribution in [-0.2, 0) is 9.53 Å². The number of rotatable bonds is 1. The van der Waals surface area contributed by atoms with E-state index in [0.29, 0.717) is 0 Å². The van der Waals surface area contributed by atoms with Crippen molar-refractivity contribution in [2.24, 2.45) is 5.73 Å². The summed E-state index contributed by atoms with van der Waals surface area (Å²) in [6, 6.07) is -1.07. The van der Waals surface area contributed by atoms with Crippen LogP contribution in [0.4, 0.5) is 0 Å². The van der Waals surface area contributed by atoms with Crippen LogP contribution in [0.25, 0.3) is 0 Å². The average Bonchev–Trinajstić information content (AvgIpc) is 2.17. The molecule has 1 fully saturated rings.